The van der Waals surface area contributed by atoms with Crippen molar-refractivity contribution in [2.75, 3.05) is 18.4 Å². The van der Waals surface area contributed by atoms with E-state index >= 15 is 0 Å². The van der Waals surface area contributed by atoms with Gasteiger partial charge in [-0.25, -0.2) is 0 Å². The van der Waals surface area contributed by atoms with Gasteiger partial charge in [0, 0.05) is 18.7 Å². The van der Waals surface area contributed by atoms with Crippen molar-refractivity contribution in [2.45, 2.75) is 0 Å². The van der Waals surface area contributed by atoms with Crippen molar-refractivity contribution < 1.29 is 14.1 Å². The number of rotatable bonds is 7. The van der Waals surface area contributed by atoms with Crippen LogP contribution in [0.25, 0.3) is 6.08 Å². The fourth-order valence-corrected chi connectivity index (χ4v) is 1.86. The minimum atomic E-state index is -0.359. The average molecular weight is 311 g/mol. The maximum Gasteiger partial charge on any atom is 0.247 e. The molecule has 1 aromatic heterocycles. The summed E-state index contributed by atoms with van der Waals surface area (Å²) in [7, 11) is 0. The third-order valence-electron chi connectivity index (χ3n) is 2.92. The highest BCUT2D eigenvalue weighted by atomic mass is 16.5. The molecule has 0 aliphatic heterocycles. The Morgan fingerprint density at radius 3 is 2.70 bits per heavy atom. The number of carbonyl (C=O) groups is 2. The Bertz CT molecular complexity index is 678. The van der Waals surface area contributed by atoms with Gasteiger partial charge in [-0.1, -0.05) is 41.6 Å². The molecule has 1 aromatic carbocycles. The first-order chi connectivity index (χ1) is 11.2. The first-order valence-corrected chi connectivity index (χ1v) is 7.02. The van der Waals surface area contributed by atoms with Crippen LogP contribution < -0.4 is 5.32 Å². The van der Waals surface area contributed by atoms with Gasteiger partial charge in [-0.3, -0.25) is 9.59 Å². The smallest absolute Gasteiger partial charge is 0.247 e. The van der Waals surface area contributed by atoms with Gasteiger partial charge < -0.3 is 14.7 Å². The molecular weight excluding hydrogens is 294 g/mol. The van der Waals surface area contributed by atoms with Crippen molar-refractivity contribution in [1.82, 2.24) is 10.1 Å². The zero-order valence-electron chi connectivity index (χ0n) is 12.5. The molecule has 118 valence electrons. The number of amides is 2. The van der Waals surface area contributed by atoms with Crippen molar-refractivity contribution in [1.29, 1.82) is 0 Å². The number of carbonyl (C=O) groups excluding carboxylic acids is 2. The van der Waals surface area contributed by atoms with Gasteiger partial charge >= 0.3 is 0 Å². The number of nitrogens with zero attached hydrogens (tertiary/aromatic N) is 2. The highest BCUT2D eigenvalue weighted by molar-refractivity contribution is 5.97. The molecule has 2 amide bonds. The predicted molar refractivity (Wildman–Crippen MR) is 87.4 cm³/mol. The van der Waals surface area contributed by atoms with E-state index in [0.29, 0.717) is 5.82 Å². The van der Waals surface area contributed by atoms with Crippen LogP contribution in [0.1, 0.15) is 5.56 Å². The number of benzene rings is 1. The molecule has 23 heavy (non-hydrogen) atoms. The highest BCUT2D eigenvalue weighted by Gasteiger charge is 2.14. The predicted octanol–water partition coefficient (Wildman–Crippen LogP) is 2.34. The summed E-state index contributed by atoms with van der Waals surface area (Å²) in [4.78, 5) is 25.5. The maximum absolute atomic E-state index is 12.2. The van der Waals surface area contributed by atoms with Crippen molar-refractivity contribution in [2.24, 2.45) is 0 Å². The van der Waals surface area contributed by atoms with Gasteiger partial charge in [-0.2, -0.15) is 0 Å². The number of aromatic nitrogens is 1. The SMILES string of the molecule is C=CCN(CC(=O)Nc1ccon1)C(=O)/C=C/c1ccccc1. The molecule has 0 saturated heterocycles. The van der Waals surface area contributed by atoms with E-state index in [4.69, 9.17) is 0 Å². The van der Waals surface area contributed by atoms with Crippen molar-refractivity contribution in [3.8, 4) is 0 Å². The topological polar surface area (TPSA) is 75.4 Å². The summed E-state index contributed by atoms with van der Waals surface area (Å²) < 4.78 is 4.63. The second kappa shape index (κ2) is 8.33. The Hall–Kier alpha value is -3.15. The molecule has 0 bridgehead atoms. The van der Waals surface area contributed by atoms with E-state index in [-0.39, 0.29) is 24.9 Å². The van der Waals surface area contributed by atoms with E-state index in [9.17, 15) is 9.59 Å². The average Bonchev–Trinajstić information content (AvgIpc) is 3.06. The monoisotopic (exact) mass is 311 g/mol. The van der Waals surface area contributed by atoms with Crippen LogP contribution in [-0.2, 0) is 9.59 Å². The summed E-state index contributed by atoms with van der Waals surface area (Å²) in [5.74, 6) is -0.327. The van der Waals surface area contributed by atoms with Crippen LogP contribution >= 0.6 is 0 Å². The number of nitrogens with one attached hydrogen (secondary N) is 1. The number of hydrogen-bond acceptors (Lipinski definition) is 4. The fourth-order valence-electron chi connectivity index (χ4n) is 1.86. The van der Waals surface area contributed by atoms with E-state index in [1.165, 1.54) is 23.3 Å². The van der Waals surface area contributed by atoms with Gasteiger partial charge in [0.25, 0.3) is 0 Å². The van der Waals surface area contributed by atoms with E-state index in [1.807, 2.05) is 30.3 Å². The first kappa shape index (κ1) is 16.2. The second-order valence-corrected chi connectivity index (χ2v) is 4.68. The van der Waals surface area contributed by atoms with Crippen molar-refractivity contribution in [3.05, 3.63) is 67.0 Å². The molecule has 0 spiro atoms. The molecule has 2 rings (SSSR count). The highest BCUT2D eigenvalue weighted by Crippen LogP contribution is 2.04. The summed E-state index contributed by atoms with van der Waals surface area (Å²) in [6.45, 7) is 3.77. The van der Waals surface area contributed by atoms with Crippen LogP contribution in [-0.4, -0.2) is 35.0 Å². The lowest BCUT2D eigenvalue weighted by Crippen LogP contribution is -2.37. The summed E-state index contributed by atoms with van der Waals surface area (Å²) in [6, 6.07) is 11.0. The Labute approximate surface area is 134 Å². The second-order valence-electron chi connectivity index (χ2n) is 4.68. The number of anilines is 1. The first-order valence-electron chi connectivity index (χ1n) is 7.02. The third kappa shape index (κ3) is 5.28. The van der Waals surface area contributed by atoms with Crippen molar-refractivity contribution >= 4 is 23.7 Å². The fraction of sp³-hybridized carbons (Fsp3) is 0.118. The minimum absolute atomic E-state index is 0.100. The van der Waals surface area contributed by atoms with Crippen molar-refractivity contribution in [3.63, 3.8) is 0 Å². The molecule has 1 heterocycles. The van der Waals surface area contributed by atoms with Gasteiger partial charge in [0.05, 0.1) is 0 Å². The van der Waals surface area contributed by atoms with E-state index < -0.39 is 0 Å². The molecule has 2 aromatic rings. The van der Waals surface area contributed by atoms with E-state index in [0.717, 1.165) is 5.56 Å². The standard InChI is InChI=1S/C17H17N3O3/c1-2-11-20(13-16(21)18-15-10-12-23-19-15)17(22)9-8-14-6-4-3-5-7-14/h2-10,12H,1,11,13H2,(H,18,19,21)/b9-8+. The quantitative estimate of drug-likeness (QED) is 0.629. The molecular formula is C17H17N3O3. The van der Waals surface area contributed by atoms with Crippen LogP contribution in [0.2, 0.25) is 0 Å². The molecule has 0 aliphatic rings. The van der Waals surface area contributed by atoms with Gasteiger partial charge in [-0.15, -0.1) is 6.58 Å². The van der Waals surface area contributed by atoms with E-state index in [1.54, 1.807) is 12.2 Å². The summed E-state index contributed by atoms with van der Waals surface area (Å²) in [5.41, 5.74) is 0.909. The van der Waals surface area contributed by atoms with Crippen LogP contribution in [0.5, 0.6) is 0 Å². The lowest BCUT2D eigenvalue weighted by molar-refractivity contribution is -0.130. The molecule has 0 atom stereocenters. The molecule has 0 fully saturated rings. The minimum Gasteiger partial charge on any atom is -0.363 e. The molecule has 0 radical (unpaired) electrons. The zero-order valence-corrected chi connectivity index (χ0v) is 12.5. The molecule has 6 heteroatoms. The Kier molecular flexibility index (Phi) is 5.88. The Morgan fingerprint density at radius 2 is 2.04 bits per heavy atom. The van der Waals surface area contributed by atoms with Crippen LogP contribution in [0.3, 0.4) is 0 Å². The lowest BCUT2D eigenvalue weighted by atomic mass is 10.2. The maximum atomic E-state index is 12.2. The zero-order chi connectivity index (χ0) is 16.5. The van der Waals surface area contributed by atoms with Crippen LogP contribution in [0.15, 0.2) is 65.9 Å². The molecule has 0 saturated carbocycles. The third-order valence-corrected chi connectivity index (χ3v) is 2.92. The van der Waals surface area contributed by atoms with E-state index in [2.05, 4.69) is 21.6 Å². The summed E-state index contributed by atoms with van der Waals surface area (Å²) >= 11 is 0. The largest absolute Gasteiger partial charge is 0.363 e. The Morgan fingerprint density at radius 1 is 1.26 bits per heavy atom. The van der Waals surface area contributed by atoms with Crippen LogP contribution in [0, 0.1) is 0 Å². The van der Waals surface area contributed by atoms with Gasteiger partial charge in [0.1, 0.15) is 12.8 Å². The summed E-state index contributed by atoms with van der Waals surface area (Å²) in [5, 5.41) is 6.13. The van der Waals surface area contributed by atoms with Gasteiger partial charge in [0.2, 0.25) is 11.8 Å². The van der Waals surface area contributed by atoms with Crippen LogP contribution in [0.4, 0.5) is 5.82 Å². The molecule has 1 N–H and O–H groups in total. The molecule has 0 unspecified atom stereocenters. The summed E-state index contributed by atoms with van der Waals surface area (Å²) in [6.07, 6.45) is 6.05. The Balaban J connectivity index is 1.96. The van der Waals surface area contributed by atoms with Gasteiger partial charge in [0.15, 0.2) is 5.82 Å². The molecule has 0 aliphatic carbocycles. The number of hydrogen-bond donors (Lipinski definition) is 1. The molecule has 6 nitrogen and oxygen atoms in total. The lowest BCUT2D eigenvalue weighted by Gasteiger charge is -2.18. The normalized spacial score (nSPS) is 10.4. The van der Waals surface area contributed by atoms with Gasteiger partial charge in [-0.05, 0) is 11.6 Å².